The Morgan fingerprint density at radius 2 is 1.76 bits per heavy atom. The highest BCUT2D eigenvalue weighted by atomic mass is 16.7. The summed E-state index contributed by atoms with van der Waals surface area (Å²) >= 11 is 0. The predicted molar refractivity (Wildman–Crippen MR) is 155 cm³/mol. The number of hydrogen-bond acceptors (Lipinski definition) is 11. The van der Waals surface area contributed by atoms with E-state index < -0.39 is 36.6 Å². The van der Waals surface area contributed by atoms with Gasteiger partial charge in [0, 0.05) is 64.4 Å². The molecule has 14 nitrogen and oxygen atoms in total. The number of morpholine rings is 1. The number of ether oxygens (including phenoxy) is 5. The van der Waals surface area contributed by atoms with Crippen LogP contribution in [0.4, 0.5) is 0 Å². The molecule has 3 amide bonds. The first-order valence-corrected chi connectivity index (χ1v) is 16.0. The van der Waals surface area contributed by atoms with Crippen LogP contribution in [0.25, 0.3) is 0 Å². The SMILES string of the molecule is O=C1C[C@@H]2O[C@H](CN(C(=O)C3CCOCC3)C[C@@H]3CN(CCO3)C(=O)[C@@H]3C[C@@H](CN3Cc3ccc4c(c3)OCO4)N1)[C@@H](O)[C@H]2O. The summed E-state index contributed by atoms with van der Waals surface area (Å²) in [5.41, 5.74) is 0.958. The number of nitrogens with one attached hydrogen (secondary N) is 1. The van der Waals surface area contributed by atoms with E-state index in [-0.39, 0.29) is 56.0 Å². The van der Waals surface area contributed by atoms with Crippen molar-refractivity contribution in [2.24, 2.45) is 5.92 Å². The Hall–Kier alpha value is -3.01. The van der Waals surface area contributed by atoms with Crippen LogP contribution in [-0.4, -0.2) is 145 Å². The van der Waals surface area contributed by atoms with Crippen LogP contribution in [0, 0.1) is 5.92 Å². The van der Waals surface area contributed by atoms with E-state index in [1.54, 1.807) is 9.80 Å². The molecule has 6 bridgehead atoms. The van der Waals surface area contributed by atoms with Gasteiger partial charge in [0.15, 0.2) is 11.5 Å². The van der Waals surface area contributed by atoms with E-state index in [0.29, 0.717) is 76.8 Å². The van der Waals surface area contributed by atoms with Crippen LogP contribution >= 0.6 is 0 Å². The van der Waals surface area contributed by atoms with Gasteiger partial charge in [-0.3, -0.25) is 19.3 Å². The Labute approximate surface area is 261 Å². The third kappa shape index (κ3) is 6.49. The van der Waals surface area contributed by atoms with Crippen molar-refractivity contribution in [1.82, 2.24) is 20.0 Å². The number of fused-ring (bicyclic) bond motifs is 7. The second-order valence-electron chi connectivity index (χ2n) is 12.9. The van der Waals surface area contributed by atoms with Crippen molar-refractivity contribution < 1.29 is 48.3 Å². The molecule has 14 heteroatoms. The third-order valence-corrected chi connectivity index (χ3v) is 9.88. The lowest BCUT2D eigenvalue weighted by Crippen LogP contribution is -2.56. The van der Waals surface area contributed by atoms with E-state index in [4.69, 9.17) is 23.7 Å². The van der Waals surface area contributed by atoms with E-state index in [2.05, 4.69) is 10.2 Å². The molecule has 0 saturated carbocycles. The van der Waals surface area contributed by atoms with Crippen LogP contribution < -0.4 is 14.8 Å². The van der Waals surface area contributed by atoms with Crippen LogP contribution in [0.1, 0.15) is 31.2 Å². The molecule has 6 aliphatic rings. The van der Waals surface area contributed by atoms with Gasteiger partial charge in [-0.15, -0.1) is 0 Å². The highest BCUT2D eigenvalue weighted by Crippen LogP contribution is 2.34. The van der Waals surface area contributed by atoms with Crippen molar-refractivity contribution in [2.45, 2.75) is 74.8 Å². The first-order chi connectivity index (χ1) is 21.8. The molecule has 0 unspecified atom stereocenters. The smallest absolute Gasteiger partial charge is 0.240 e. The van der Waals surface area contributed by atoms with Crippen molar-refractivity contribution in [3.63, 3.8) is 0 Å². The Morgan fingerprint density at radius 3 is 2.60 bits per heavy atom. The van der Waals surface area contributed by atoms with Gasteiger partial charge in [-0.05, 0) is 37.0 Å². The standard InChI is InChI=1S/C31H42N4O10/c36-27-11-25-28(37)29(38)26(45-25)16-35(30(39)19-3-6-41-7-4-19)15-21-14-33(5-8-42-21)31(40)22-10-20(32-27)13-34(22)12-18-1-2-23-24(9-18)44-17-43-23/h1-2,9,19-22,25-26,28-29,37-38H,3-8,10-17H2,(H,32,36)/t20-,21-,22-,25-,26+,28-,29+/m0/s1. The van der Waals surface area contributed by atoms with E-state index in [9.17, 15) is 24.6 Å². The molecule has 0 spiro atoms. The van der Waals surface area contributed by atoms with Gasteiger partial charge in [-0.2, -0.15) is 0 Å². The molecule has 45 heavy (non-hydrogen) atoms. The lowest BCUT2D eigenvalue weighted by atomic mass is 9.97. The Bertz CT molecular complexity index is 1280. The molecule has 3 N–H and O–H groups in total. The summed E-state index contributed by atoms with van der Waals surface area (Å²) in [7, 11) is 0. The Balaban J connectivity index is 1.14. The van der Waals surface area contributed by atoms with Gasteiger partial charge >= 0.3 is 0 Å². The molecule has 1 aromatic carbocycles. The normalized spacial score (nSPS) is 34.7. The van der Waals surface area contributed by atoms with Crippen LogP contribution in [0.5, 0.6) is 11.5 Å². The van der Waals surface area contributed by atoms with Crippen molar-refractivity contribution in [1.29, 1.82) is 0 Å². The largest absolute Gasteiger partial charge is 0.454 e. The number of carbonyl (C=O) groups excluding carboxylic acids is 3. The first kappa shape index (κ1) is 30.6. The molecule has 7 atom stereocenters. The molecular formula is C31H42N4O10. The van der Waals surface area contributed by atoms with Crippen molar-refractivity contribution >= 4 is 17.7 Å². The maximum absolute atomic E-state index is 14.1. The molecule has 0 aliphatic carbocycles. The van der Waals surface area contributed by atoms with Gasteiger partial charge in [-0.1, -0.05) is 6.07 Å². The molecule has 246 valence electrons. The third-order valence-electron chi connectivity index (χ3n) is 9.88. The first-order valence-electron chi connectivity index (χ1n) is 16.0. The number of nitrogens with zero attached hydrogens (tertiary/aromatic N) is 3. The number of rotatable bonds is 3. The highest BCUT2D eigenvalue weighted by Gasteiger charge is 2.47. The van der Waals surface area contributed by atoms with Crippen molar-refractivity contribution in [2.75, 3.05) is 59.3 Å². The van der Waals surface area contributed by atoms with Crippen LogP contribution in [-0.2, 0) is 35.1 Å². The molecule has 0 radical (unpaired) electrons. The fraction of sp³-hybridized carbons (Fsp3) is 0.710. The molecular weight excluding hydrogens is 588 g/mol. The lowest BCUT2D eigenvalue weighted by Gasteiger charge is -2.39. The van der Waals surface area contributed by atoms with E-state index >= 15 is 0 Å². The second-order valence-corrected chi connectivity index (χ2v) is 12.9. The van der Waals surface area contributed by atoms with Crippen molar-refractivity contribution in [3.05, 3.63) is 23.8 Å². The Morgan fingerprint density at radius 1 is 0.956 bits per heavy atom. The monoisotopic (exact) mass is 630 g/mol. The zero-order chi connectivity index (χ0) is 31.1. The number of hydrogen-bond donors (Lipinski definition) is 3. The summed E-state index contributed by atoms with van der Waals surface area (Å²) in [6.07, 6.45) is -3.33. The van der Waals surface area contributed by atoms with Gasteiger partial charge < -0.3 is 49.0 Å². The summed E-state index contributed by atoms with van der Waals surface area (Å²) in [4.78, 5) is 46.6. The summed E-state index contributed by atoms with van der Waals surface area (Å²) in [5, 5.41) is 24.8. The minimum absolute atomic E-state index is 0.0366. The molecule has 6 heterocycles. The Kier molecular flexibility index (Phi) is 8.85. The summed E-state index contributed by atoms with van der Waals surface area (Å²) in [6.45, 7) is 3.40. The maximum atomic E-state index is 14.1. The topological polar surface area (TPSA) is 160 Å². The van der Waals surface area contributed by atoms with E-state index in [1.807, 2.05) is 18.2 Å². The predicted octanol–water partition coefficient (Wildman–Crippen LogP) is -1.15. The van der Waals surface area contributed by atoms with Gasteiger partial charge in [0.1, 0.15) is 18.3 Å². The number of amides is 3. The van der Waals surface area contributed by atoms with Crippen LogP contribution in [0.15, 0.2) is 18.2 Å². The highest BCUT2D eigenvalue weighted by molar-refractivity contribution is 5.83. The summed E-state index contributed by atoms with van der Waals surface area (Å²) < 4.78 is 28.6. The fourth-order valence-corrected chi connectivity index (χ4v) is 7.49. The summed E-state index contributed by atoms with van der Waals surface area (Å²) in [5.74, 6) is 0.646. The zero-order valence-electron chi connectivity index (χ0n) is 25.3. The number of likely N-dealkylation sites (tertiary alicyclic amines) is 1. The van der Waals surface area contributed by atoms with Crippen molar-refractivity contribution in [3.8, 4) is 11.5 Å². The van der Waals surface area contributed by atoms with Gasteiger partial charge in [-0.25, -0.2) is 0 Å². The van der Waals surface area contributed by atoms with Gasteiger partial charge in [0.2, 0.25) is 24.5 Å². The molecule has 7 rings (SSSR count). The maximum Gasteiger partial charge on any atom is 0.240 e. The zero-order valence-corrected chi connectivity index (χ0v) is 25.3. The number of aliphatic hydroxyl groups is 2. The molecule has 5 saturated heterocycles. The fourth-order valence-electron chi connectivity index (χ4n) is 7.49. The quantitative estimate of drug-likeness (QED) is 0.370. The van der Waals surface area contributed by atoms with E-state index in [0.717, 1.165) is 5.56 Å². The molecule has 5 fully saturated rings. The lowest BCUT2D eigenvalue weighted by molar-refractivity contribution is -0.150. The number of benzene rings is 1. The van der Waals surface area contributed by atoms with Gasteiger partial charge in [0.25, 0.3) is 0 Å². The minimum Gasteiger partial charge on any atom is -0.454 e. The molecule has 6 aliphatic heterocycles. The molecule has 0 aromatic heterocycles. The minimum atomic E-state index is -1.28. The number of aliphatic hydroxyl groups excluding tert-OH is 2. The van der Waals surface area contributed by atoms with Crippen LogP contribution in [0.2, 0.25) is 0 Å². The molecule has 1 aromatic rings. The second kappa shape index (κ2) is 13.0. The van der Waals surface area contributed by atoms with Crippen LogP contribution in [0.3, 0.4) is 0 Å². The van der Waals surface area contributed by atoms with Gasteiger partial charge in [0.05, 0.1) is 31.3 Å². The average Bonchev–Trinajstić information content (AvgIpc) is 3.74. The average molecular weight is 631 g/mol. The van der Waals surface area contributed by atoms with E-state index in [1.165, 1.54) is 0 Å². The number of carbonyl (C=O) groups is 3. The summed E-state index contributed by atoms with van der Waals surface area (Å²) in [6, 6.07) is 4.95.